The molecular weight excluding hydrogens is 231 g/mol. The molecule has 0 aliphatic carbocycles. The van der Waals surface area contributed by atoms with Crippen molar-refractivity contribution in [2.75, 3.05) is 0 Å². The Morgan fingerprint density at radius 1 is 1.12 bits per heavy atom. The highest BCUT2D eigenvalue weighted by molar-refractivity contribution is 5.50. The lowest BCUT2D eigenvalue weighted by Crippen LogP contribution is -2.15. The summed E-state index contributed by atoms with van der Waals surface area (Å²) in [5.41, 5.74) is -2.15. The van der Waals surface area contributed by atoms with Crippen LogP contribution in [0.1, 0.15) is 26.3 Å². The summed E-state index contributed by atoms with van der Waals surface area (Å²) in [4.78, 5) is 19.5. The molecule has 0 amide bonds. The fraction of sp³-hybridized carbons (Fsp3) is 0.400. The van der Waals surface area contributed by atoms with Gasteiger partial charge in [-0.3, -0.25) is 20.2 Å². The van der Waals surface area contributed by atoms with Crippen LogP contribution in [0.25, 0.3) is 0 Å². The number of hydrogen-bond acceptors (Lipinski definition) is 4. The van der Waals surface area contributed by atoms with E-state index in [1.54, 1.807) is 20.8 Å². The zero-order valence-corrected chi connectivity index (χ0v) is 9.56. The molecule has 0 atom stereocenters. The van der Waals surface area contributed by atoms with Crippen molar-refractivity contribution in [3.05, 3.63) is 43.7 Å². The minimum Gasteiger partial charge on any atom is -0.258 e. The van der Waals surface area contributed by atoms with Gasteiger partial charge >= 0.3 is 5.69 Å². The quantitative estimate of drug-likeness (QED) is 0.589. The molecule has 0 saturated heterocycles. The first-order chi connectivity index (χ1) is 7.64. The van der Waals surface area contributed by atoms with Gasteiger partial charge in [-0.15, -0.1) is 0 Å². The Balaban J connectivity index is 3.60. The lowest BCUT2D eigenvalue weighted by atomic mass is 9.86. The van der Waals surface area contributed by atoms with E-state index in [1.165, 1.54) is 0 Å². The molecule has 0 aliphatic heterocycles. The topological polar surface area (TPSA) is 86.3 Å². The van der Waals surface area contributed by atoms with Gasteiger partial charge in [0.15, 0.2) is 0 Å². The van der Waals surface area contributed by atoms with Crippen LogP contribution in [0.5, 0.6) is 0 Å². The first-order valence-electron chi connectivity index (χ1n) is 4.77. The Hall–Kier alpha value is -2.05. The van der Waals surface area contributed by atoms with E-state index in [1.807, 2.05) is 0 Å². The van der Waals surface area contributed by atoms with E-state index in [4.69, 9.17) is 0 Å². The number of halogens is 1. The van der Waals surface area contributed by atoms with E-state index >= 15 is 0 Å². The molecule has 0 heterocycles. The third-order valence-electron chi connectivity index (χ3n) is 2.25. The molecule has 0 radical (unpaired) electrons. The van der Waals surface area contributed by atoms with Crippen LogP contribution in [0.15, 0.2) is 12.1 Å². The zero-order chi connectivity index (χ0) is 13.4. The molecule has 6 nitrogen and oxygen atoms in total. The van der Waals surface area contributed by atoms with Crippen molar-refractivity contribution >= 4 is 11.4 Å². The predicted molar refractivity (Wildman–Crippen MR) is 58.4 cm³/mol. The van der Waals surface area contributed by atoms with Crippen molar-refractivity contribution in [1.29, 1.82) is 0 Å². The molecule has 0 bridgehead atoms. The van der Waals surface area contributed by atoms with E-state index in [-0.39, 0.29) is 5.56 Å². The molecule has 0 spiro atoms. The Kier molecular flexibility index (Phi) is 3.12. The lowest BCUT2D eigenvalue weighted by molar-refractivity contribution is -0.396. The van der Waals surface area contributed by atoms with Crippen LogP contribution in [-0.2, 0) is 5.41 Å². The number of nitrogens with zero attached hydrogens (tertiary/aromatic N) is 2. The summed E-state index contributed by atoms with van der Waals surface area (Å²) >= 11 is 0. The van der Waals surface area contributed by atoms with Crippen molar-refractivity contribution < 1.29 is 14.2 Å². The van der Waals surface area contributed by atoms with Gasteiger partial charge in [-0.2, -0.15) is 4.39 Å². The fourth-order valence-electron chi connectivity index (χ4n) is 1.38. The molecule has 0 saturated carbocycles. The molecule has 0 aliphatic rings. The molecule has 0 N–H and O–H groups in total. The van der Waals surface area contributed by atoms with Gasteiger partial charge in [-0.05, 0) is 5.41 Å². The summed E-state index contributed by atoms with van der Waals surface area (Å²) < 4.78 is 13.8. The number of nitro groups is 2. The number of benzene rings is 1. The average molecular weight is 242 g/mol. The molecule has 0 unspecified atom stereocenters. The van der Waals surface area contributed by atoms with E-state index in [0.29, 0.717) is 6.07 Å². The Bertz CT molecular complexity index is 494. The van der Waals surface area contributed by atoms with Gasteiger partial charge in [-0.1, -0.05) is 20.8 Å². The third-order valence-corrected chi connectivity index (χ3v) is 2.25. The molecule has 1 rings (SSSR count). The maximum Gasteiger partial charge on any atom is 0.311 e. The minimum absolute atomic E-state index is 0.0431. The largest absolute Gasteiger partial charge is 0.311 e. The van der Waals surface area contributed by atoms with Gasteiger partial charge in [0.2, 0.25) is 5.82 Å². The molecule has 92 valence electrons. The van der Waals surface area contributed by atoms with E-state index in [9.17, 15) is 24.6 Å². The van der Waals surface area contributed by atoms with Crippen molar-refractivity contribution in [3.63, 3.8) is 0 Å². The normalized spacial score (nSPS) is 11.3. The second-order valence-electron chi connectivity index (χ2n) is 4.59. The first kappa shape index (κ1) is 13.0. The predicted octanol–water partition coefficient (Wildman–Crippen LogP) is 2.94. The van der Waals surface area contributed by atoms with E-state index < -0.39 is 32.5 Å². The smallest absolute Gasteiger partial charge is 0.258 e. The molecule has 1 aromatic rings. The fourth-order valence-corrected chi connectivity index (χ4v) is 1.38. The Morgan fingerprint density at radius 3 is 2.00 bits per heavy atom. The van der Waals surface area contributed by atoms with Crippen molar-refractivity contribution in [3.8, 4) is 0 Å². The Labute approximate surface area is 96.4 Å². The van der Waals surface area contributed by atoms with Crippen molar-refractivity contribution in [1.82, 2.24) is 0 Å². The highest BCUT2D eigenvalue weighted by Crippen LogP contribution is 2.34. The number of nitro benzene ring substituents is 2. The molecule has 7 heteroatoms. The van der Waals surface area contributed by atoms with Crippen molar-refractivity contribution in [2.24, 2.45) is 0 Å². The number of non-ortho nitro benzene ring substituents is 1. The van der Waals surface area contributed by atoms with Crippen LogP contribution in [0.4, 0.5) is 15.8 Å². The summed E-state index contributed by atoms with van der Waals surface area (Å²) in [6.45, 7) is 4.87. The van der Waals surface area contributed by atoms with Gasteiger partial charge < -0.3 is 0 Å². The molecule has 0 fully saturated rings. The molecular formula is C10H11FN2O4. The second kappa shape index (κ2) is 4.08. The van der Waals surface area contributed by atoms with E-state index in [2.05, 4.69) is 0 Å². The zero-order valence-electron chi connectivity index (χ0n) is 9.56. The molecule has 0 aromatic heterocycles. The van der Waals surface area contributed by atoms with Gasteiger partial charge in [0, 0.05) is 11.6 Å². The monoisotopic (exact) mass is 242 g/mol. The van der Waals surface area contributed by atoms with Crippen molar-refractivity contribution in [2.45, 2.75) is 26.2 Å². The van der Waals surface area contributed by atoms with Crippen LogP contribution in [0.3, 0.4) is 0 Å². The van der Waals surface area contributed by atoms with Gasteiger partial charge in [0.25, 0.3) is 5.69 Å². The van der Waals surface area contributed by atoms with Crippen LogP contribution in [0, 0.1) is 26.0 Å². The summed E-state index contributed by atoms with van der Waals surface area (Å²) in [6.07, 6.45) is 0. The maximum absolute atomic E-state index is 13.8. The summed E-state index contributed by atoms with van der Waals surface area (Å²) in [5.74, 6) is -1.02. The van der Waals surface area contributed by atoms with Crippen LogP contribution in [-0.4, -0.2) is 9.85 Å². The average Bonchev–Trinajstić information content (AvgIpc) is 2.15. The molecule has 1 aromatic carbocycles. The number of rotatable bonds is 2. The van der Waals surface area contributed by atoms with Gasteiger partial charge in [-0.25, -0.2) is 0 Å². The number of hydrogen-bond donors (Lipinski definition) is 0. The first-order valence-corrected chi connectivity index (χ1v) is 4.77. The SMILES string of the molecule is CC(C)(C)c1cc([N+](=O)[O-])cc([N+](=O)[O-])c1F. The Morgan fingerprint density at radius 2 is 1.65 bits per heavy atom. The van der Waals surface area contributed by atoms with Crippen LogP contribution < -0.4 is 0 Å². The van der Waals surface area contributed by atoms with Gasteiger partial charge in [0.1, 0.15) is 0 Å². The highest BCUT2D eigenvalue weighted by Gasteiger charge is 2.29. The summed E-state index contributed by atoms with van der Waals surface area (Å²) in [5, 5.41) is 21.2. The standard InChI is InChI=1S/C10H11FN2O4/c1-10(2,3)7-4-6(12(14)15)5-8(9(7)11)13(16)17/h4-5H,1-3H3. The highest BCUT2D eigenvalue weighted by atomic mass is 19.1. The minimum atomic E-state index is -1.02. The van der Waals surface area contributed by atoms with Crippen LogP contribution in [0.2, 0.25) is 0 Å². The van der Waals surface area contributed by atoms with E-state index in [0.717, 1.165) is 6.07 Å². The van der Waals surface area contributed by atoms with Gasteiger partial charge in [0.05, 0.1) is 15.9 Å². The summed E-state index contributed by atoms with van der Waals surface area (Å²) in [7, 11) is 0. The summed E-state index contributed by atoms with van der Waals surface area (Å²) in [6, 6.07) is 1.66. The van der Waals surface area contributed by atoms with Crippen LogP contribution >= 0.6 is 0 Å². The lowest BCUT2D eigenvalue weighted by Gasteiger charge is -2.19. The maximum atomic E-state index is 13.8. The second-order valence-corrected chi connectivity index (χ2v) is 4.59. The molecule has 17 heavy (non-hydrogen) atoms. The third kappa shape index (κ3) is 2.55.